The fourth-order valence-corrected chi connectivity index (χ4v) is 2.35. The summed E-state index contributed by atoms with van der Waals surface area (Å²) < 4.78 is 15.7. The number of rotatable bonds is 6. The molecule has 2 aromatic rings. The molecule has 1 amide bonds. The van der Waals surface area contributed by atoms with E-state index >= 15 is 0 Å². The van der Waals surface area contributed by atoms with E-state index in [2.05, 4.69) is 5.32 Å². The van der Waals surface area contributed by atoms with Crippen molar-refractivity contribution >= 4 is 17.6 Å². The third-order valence-corrected chi connectivity index (χ3v) is 3.58. The average molecular weight is 345 g/mol. The number of aryl methyl sites for hydroxylation is 1. The minimum atomic E-state index is -1.12. The summed E-state index contributed by atoms with van der Waals surface area (Å²) in [6.07, 6.45) is 0. The lowest BCUT2D eigenvalue weighted by atomic mass is 10.1. The summed E-state index contributed by atoms with van der Waals surface area (Å²) in [6, 6.07) is 7.69. The minimum absolute atomic E-state index is 0.00592. The maximum absolute atomic E-state index is 12.6. The number of carboxylic acid groups (broad SMARTS) is 1. The van der Waals surface area contributed by atoms with Crippen molar-refractivity contribution in [1.29, 1.82) is 0 Å². The Morgan fingerprint density at radius 3 is 2.04 bits per heavy atom. The zero-order valence-electron chi connectivity index (χ0n) is 14.4. The van der Waals surface area contributed by atoms with Crippen LogP contribution in [0.3, 0.4) is 0 Å². The van der Waals surface area contributed by atoms with Gasteiger partial charge < -0.3 is 24.6 Å². The van der Waals surface area contributed by atoms with Crippen LogP contribution >= 0.6 is 0 Å². The third kappa shape index (κ3) is 3.82. The van der Waals surface area contributed by atoms with Crippen LogP contribution in [0.4, 0.5) is 5.69 Å². The molecule has 0 aliphatic carbocycles. The molecule has 2 N–H and O–H groups in total. The topological polar surface area (TPSA) is 94.1 Å². The van der Waals surface area contributed by atoms with Crippen LogP contribution in [0.5, 0.6) is 17.2 Å². The van der Waals surface area contributed by atoms with Crippen molar-refractivity contribution in [3.63, 3.8) is 0 Å². The second kappa shape index (κ2) is 7.57. The molecule has 0 atom stereocenters. The minimum Gasteiger partial charge on any atom is -0.493 e. The molecule has 0 fully saturated rings. The Hall–Kier alpha value is -3.22. The number of benzene rings is 2. The van der Waals surface area contributed by atoms with Gasteiger partial charge in [0.05, 0.1) is 32.6 Å². The molecule has 0 spiro atoms. The van der Waals surface area contributed by atoms with E-state index in [9.17, 15) is 14.7 Å². The van der Waals surface area contributed by atoms with Gasteiger partial charge in [-0.1, -0.05) is 6.07 Å². The van der Waals surface area contributed by atoms with E-state index in [1.165, 1.54) is 39.5 Å². The van der Waals surface area contributed by atoms with Crippen molar-refractivity contribution in [3.8, 4) is 17.2 Å². The van der Waals surface area contributed by atoms with Crippen molar-refractivity contribution in [1.82, 2.24) is 0 Å². The quantitative estimate of drug-likeness (QED) is 0.836. The van der Waals surface area contributed by atoms with Gasteiger partial charge in [-0.2, -0.15) is 0 Å². The molecule has 0 bridgehead atoms. The average Bonchev–Trinajstić information content (AvgIpc) is 2.59. The maximum atomic E-state index is 12.6. The van der Waals surface area contributed by atoms with E-state index in [0.717, 1.165) is 5.56 Å². The molecule has 0 heterocycles. The molecule has 0 unspecified atom stereocenters. The smallest absolute Gasteiger partial charge is 0.337 e. The van der Waals surface area contributed by atoms with Gasteiger partial charge in [0.15, 0.2) is 11.5 Å². The largest absolute Gasteiger partial charge is 0.493 e. The molecule has 0 aliphatic rings. The zero-order valence-corrected chi connectivity index (χ0v) is 14.4. The summed E-state index contributed by atoms with van der Waals surface area (Å²) in [7, 11) is 4.36. The summed E-state index contributed by atoms with van der Waals surface area (Å²) in [5.74, 6) is -0.597. The first-order valence-corrected chi connectivity index (χ1v) is 7.36. The number of methoxy groups -OCH3 is 3. The molecule has 0 saturated carbocycles. The van der Waals surface area contributed by atoms with Gasteiger partial charge >= 0.3 is 5.97 Å². The van der Waals surface area contributed by atoms with Gasteiger partial charge in [-0.15, -0.1) is 0 Å². The Morgan fingerprint density at radius 2 is 1.56 bits per heavy atom. The van der Waals surface area contributed by atoms with Crippen LogP contribution < -0.4 is 19.5 Å². The highest BCUT2D eigenvalue weighted by atomic mass is 16.5. The summed E-state index contributed by atoms with van der Waals surface area (Å²) in [4.78, 5) is 23.9. The lowest BCUT2D eigenvalue weighted by molar-refractivity contribution is 0.0698. The predicted octanol–water partition coefficient (Wildman–Crippen LogP) is 2.97. The van der Waals surface area contributed by atoms with Crippen molar-refractivity contribution < 1.29 is 28.9 Å². The Bertz CT molecular complexity index is 790. The van der Waals surface area contributed by atoms with Crippen LogP contribution in [0.25, 0.3) is 0 Å². The van der Waals surface area contributed by atoms with E-state index in [1.807, 2.05) is 0 Å². The van der Waals surface area contributed by atoms with E-state index in [0.29, 0.717) is 17.2 Å². The standard InChI is InChI=1S/C18H19NO6/c1-10-5-6-12(18(21)22)13(7-10)19-17(20)11-8-14(23-2)16(25-4)15(9-11)24-3/h5-9H,1-4H3,(H,19,20)(H,21,22). The summed E-state index contributed by atoms with van der Waals surface area (Å²) >= 11 is 0. The number of hydrogen-bond acceptors (Lipinski definition) is 5. The molecule has 2 aromatic carbocycles. The second-order valence-electron chi connectivity index (χ2n) is 5.22. The van der Waals surface area contributed by atoms with Gasteiger partial charge in [-0.05, 0) is 36.8 Å². The number of carbonyl (C=O) groups is 2. The summed E-state index contributed by atoms with van der Waals surface area (Å²) in [5, 5.41) is 11.9. The highest BCUT2D eigenvalue weighted by molar-refractivity contribution is 6.08. The van der Waals surface area contributed by atoms with Gasteiger partial charge in [0.25, 0.3) is 5.91 Å². The number of nitrogens with one attached hydrogen (secondary N) is 1. The Balaban J connectivity index is 2.42. The van der Waals surface area contributed by atoms with Crippen LogP contribution in [0, 0.1) is 6.92 Å². The molecule has 7 nitrogen and oxygen atoms in total. The maximum Gasteiger partial charge on any atom is 0.337 e. The molecular weight excluding hydrogens is 326 g/mol. The summed E-state index contributed by atoms with van der Waals surface area (Å²) in [6.45, 7) is 1.81. The molecule has 7 heteroatoms. The summed E-state index contributed by atoms with van der Waals surface area (Å²) in [5.41, 5.74) is 1.29. The van der Waals surface area contributed by atoms with E-state index in [-0.39, 0.29) is 16.8 Å². The van der Waals surface area contributed by atoms with Gasteiger partial charge in [0, 0.05) is 5.56 Å². The number of aromatic carboxylic acids is 1. The molecule has 0 saturated heterocycles. The van der Waals surface area contributed by atoms with Crippen LogP contribution in [0.1, 0.15) is 26.3 Å². The number of ether oxygens (including phenoxy) is 3. The Kier molecular flexibility index (Phi) is 5.49. The third-order valence-electron chi connectivity index (χ3n) is 3.58. The second-order valence-corrected chi connectivity index (χ2v) is 5.22. The fourth-order valence-electron chi connectivity index (χ4n) is 2.35. The van der Waals surface area contributed by atoms with Crippen molar-refractivity contribution in [2.75, 3.05) is 26.6 Å². The van der Waals surface area contributed by atoms with Crippen molar-refractivity contribution in [2.45, 2.75) is 6.92 Å². The first-order chi connectivity index (χ1) is 11.9. The molecular formula is C18H19NO6. The number of carboxylic acids is 1. The Morgan fingerprint density at radius 1 is 0.960 bits per heavy atom. The van der Waals surface area contributed by atoms with Gasteiger partial charge in [0.1, 0.15) is 0 Å². The molecule has 0 aromatic heterocycles. The van der Waals surface area contributed by atoms with Gasteiger partial charge in [0.2, 0.25) is 5.75 Å². The molecule has 25 heavy (non-hydrogen) atoms. The SMILES string of the molecule is COc1cc(C(=O)Nc2cc(C)ccc2C(=O)O)cc(OC)c1OC. The zero-order chi connectivity index (χ0) is 18.6. The molecule has 2 rings (SSSR count). The predicted molar refractivity (Wildman–Crippen MR) is 92.2 cm³/mol. The monoisotopic (exact) mass is 345 g/mol. The van der Waals surface area contributed by atoms with E-state index in [1.54, 1.807) is 19.1 Å². The molecule has 132 valence electrons. The fraction of sp³-hybridized carbons (Fsp3) is 0.222. The van der Waals surface area contributed by atoms with Crippen LogP contribution in [0.2, 0.25) is 0 Å². The van der Waals surface area contributed by atoms with Gasteiger partial charge in [-0.3, -0.25) is 4.79 Å². The molecule has 0 aliphatic heterocycles. The van der Waals surface area contributed by atoms with E-state index in [4.69, 9.17) is 14.2 Å². The normalized spacial score (nSPS) is 10.1. The van der Waals surface area contributed by atoms with Crippen molar-refractivity contribution in [2.24, 2.45) is 0 Å². The highest BCUT2D eigenvalue weighted by Crippen LogP contribution is 2.38. The number of anilines is 1. The van der Waals surface area contributed by atoms with E-state index < -0.39 is 11.9 Å². The number of hydrogen-bond donors (Lipinski definition) is 2. The Labute approximate surface area is 145 Å². The highest BCUT2D eigenvalue weighted by Gasteiger charge is 2.19. The van der Waals surface area contributed by atoms with Crippen LogP contribution in [-0.2, 0) is 0 Å². The number of carbonyl (C=O) groups excluding carboxylic acids is 1. The van der Waals surface area contributed by atoms with Crippen LogP contribution in [0.15, 0.2) is 30.3 Å². The lowest BCUT2D eigenvalue weighted by Crippen LogP contribution is -2.15. The first kappa shape index (κ1) is 18.1. The van der Waals surface area contributed by atoms with Crippen molar-refractivity contribution in [3.05, 3.63) is 47.0 Å². The van der Waals surface area contributed by atoms with Crippen LogP contribution in [-0.4, -0.2) is 38.3 Å². The first-order valence-electron chi connectivity index (χ1n) is 7.36. The lowest BCUT2D eigenvalue weighted by Gasteiger charge is -2.14. The number of amides is 1. The van der Waals surface area contributed by atoms with Gasteiger partial charge in [-0.25, -0.2) is 4.79 Å². The molecule has 0 radical (unpaired) electrons.